The summed E-state index contributed by atoms with van der Waals surface area (Å²) in [6.07, 6.45) is 10.0. The molecule has 1 aromatic carbocycles. The molecule has 0 radical (unpaired) electrons. The van der Waals surface area contributed by atoms with E-state index in [2.05, 4.69) is 11.4 Å². The summed E-state index contributed by atoms with van der Waals surface area (Å²) in [6.45, 7) is 1.10. The van der Waals surface area contributed by atoms with Crippen LogP contribution in [0.3, 0.4) is 0 Å². The van der Waals surface area contributed by atoms with Crippen molar-refractivity contribution >= 4 is 5.57 Å². The number of aromatic hydroxyl groups is 1. The average Bonchev–Trinajstić information content (AvgIpc) is 2.42. The van der Waals surface area contributed by atoms with Gasteiger partial charge in [0.1, 0.15) is 5.75 Å². The first kappa shape index (κ1) is 11.8. The Morgan fingerprint density at radius 2 is 1.72 bits per heavy atom. The zero-order valence-electron chi connectivity index (χ0n) is 10.8. The van der Waals surface area contributed by atoms with Gasteiger partial charge in [0.05, 0.1) is 0 Å². The summed E-state index contributed by atoms with van der Waals surface area (Å²) in [5, 5.41) is 13.2. The van der Waals surface area contributed by atoms with Crippen LogP contribution in [0.5, 0.6) is 5.75 Å². The molecule has 1 aliphatic heterocycles. The molecule has 1 spiro atoms. The molecule has 1 aromatic rings. The van der Waals surface area contributed by atoms with Crippen LogP contribution in [0.15, 0.2) is 30.3 Å². The van der Waals surface area contributed by atoms with Gasteiger partial charge in [0, 0.05) is 5.54 Å². The van der Waals surface area contributed by atoms with Crippen molar-refractivity contribution in [1.82, 2.24) is 5.32 Å². The molecule has 1 heterocycles. The van der Waals surface area contributed by atoms with Gasteiger partial charge in [-0.1, -0.05) is 37.5 Å². The van der Waals surface area contributed by atoms with E-state index < -0.39 is 0 Å². The number of phenols is 1. The van der Waals surface area contributed by atoms with E-state index in [0.29, 0.717) is 5.75 Å². The van der Waals surface area contributed by atoms with Crippen molar-refractivity contribution in [2.75, 3.05) is 6.54 Å². The van der Waals surface area contributed by atoms with Crippen LogP contribution in [0.25, 0.3) is 5.57 Å². The lowest BCUT2D eigenvalue weighted by Crippen LogP contribution is -2.49. The van der Waals surface area contributed by atoms with Gasteiger partial charge in [-0.3, -0.25) is 0 Å². The van der Waals surface area contributed by atoms with E-state index in [4.69, 9.17) is 0 Å². The standard InChI is InChI=1S/C16H21NO/c18-14-8-6-13(7-9-14)15-5-4-12-17-16(15)10-2-1-3-11-16/h5-9,17-18H,1-4,10-12H2. The molecule has 18 heavy (non-hydrogen) atoms. The van der Waals surface area contributed by atoms with Gasteiger partial charge in [-0.25, -0.2) is 0 Å². The van der Waals surface area contributed by atoms with Crippen molar-refractivity contribution in [2.45, 2.75) is 44.1 Å². The topological polar surface area (TPSA) is 32.3 Å². The van der Waals surface area contributed by atoms with Crippen LogP contribution in [0.1, 0.15) is 44.1 Å². The summed E-state index contributed by atoms with van der Waals surface area (Å²) in [4.78, 5) is 0. The minimum Gasteiger partial charge on any atom is -0.508 e. The molecule has 0 unspecified atom stereocenters. The second-order valence-electron chi connectivity index (χ2n) is 5.52. The first-order chi connectivity index (χ1) is 8.80. The molecule has 2 heteroatoms. The maximum Gasteiger partial charge on any atom is 0.115 e. The largest absolute Gasteiger partial charge is 0.508 e. The fourth-order valence-corrected chi connectivity index (χ4v) is 3.46. The third-order valence-electron chi connectivity index (χ3n) is 4.36. The van der Waals surface area contributed by atoms with Gasteiger partial charge < -0.3 is 10.4 Å². The minimum atomic E-state index is 0.202. The van der Waals surface area contributed by atoms with Crippen molar-refractivity contribution in [3.05, 3.63) is 35.9 Å². The Kier molecular flexibility index (Phi) is 3.13. The van der Waals surface area contributed by atoms with Gasteiger partial charge in [0.25, 0.3) is 0 Å². The summed E-state index contributed by atoms with van der Waals surface area (Å²) in [7, 11) is 0. The van der Waals surface area contributed by atoms with Crippen molar-refractivity contribution in [1.29, 1.82) is 0 Å². The van der Waals surface area contributed by atoms with E-state index in [1.807, 2.05) is 12.1 Å². The number of nitrogens with one attached hydrogen (secondary N) is 1. The van der Waals surface area contributed by atoms with E-state index in [9.17, 15) is 5.11 Å². The highest BCUT2D eigenvalue weighted by atomic mass is 16.3. The van der Waals surface area contributed by atoms with Gasteiger partial charge >= 0.3 is 0 Å². The molecule has 2 nitrogen and oxygen atoms in total. The first-order valence-electron chi connectivity index (χ1n) is 7.05. The van der Waals surface area contributed by atoms with Crippen LogP contribution in [-0.4, -0.2) is 17.2 Å². The molecule has 96 valence electrons. The van der Waals surface area contributed by atoms with Crippen molar-refractivity contribution in [3.8, 4) is 5.75 Å². The lowest BCUT2D eigenvalue weighted by Gasteiger charge is -2.43. The quantitative estimate of drug-likeness (QED) is 0.791. The number of phenolic OH excluding ortho intramolecular Hbond substituents is 1. The number of rotatable bonds is 1. The predicted molar refractivity (Wildman–Crippen MR) is 74.5 cm³/mol. The van der Waals surface area contributed by atoms with Crippen LogP contribution in [0.4, 0.5) is 0 Å². The number of hydrogen-bond donors (Lipinski definition) is 2. The van der Waals surface area contributed by atoms with E-state index >= 15 is 0 Å². The molecule has 0 saturated heterocycles. The summed E-state index contributed by atoms with van der Waals surface area (Å²) >= 11 is 0. The highest BCUT2D eigenvalue weighted by Gasteiger charge is 2.37. The van der Waals surface area contributed by atoms with Crippen LogP contribution < -0.4 is 5.32 Å². The molecule has 1 aliphatic carbocycles. The highest BCUT2D eigenvalue weighted by Crippen LogP contribution is 2.41. The lowest BCUT2D eigenvalue weighted by atomic mass is 9.72. The van der Waals surface area contributed by atoms with Gasteiger partial charge in [-0.05, 0) is 49.1 Å². The first-order valence-corrected chi connectivity index (χ1v) is 7.05. The SMILES string of the molecule is Oc1ccc(C2=CCCNC23CCCCC3)cc1. The molecule has 3 rings (SSSR count). The Hall–Kier alpha value is -1.28. The van der Waals surface area contributed by atoms with Crippen LogP contribution in [-0.2, 0) is 0 Å². The van der Waals surface area contributed by atoms with E-state index in [1.165, 1.54) is 43.2 Å². The van der Waals surface area contributed by atoms with E-state index in [0.717, 1.165) is 13.0 Å². The maximum absolute atomic E-state index is 9.42. The van der Waals surface area contributed by atoms with Crippen LogP contribution in [0, 0.1) is 0 Å². The Labute approximate surface area is 109 Å². The Morgan fingerprint density at radius 3 is 2.44 bits per heavy atom. The van der Waals surface area contributed by atoms with Crippen LogP contribution in [0.2, 0.25) is 0 Å². The second-order valence-corrected chi connectivity index (χ2v) is 5.52. The van der Waals surface area contributed by atoms with Gasteiger partial charge in [0.15, 0.2) is 0 Å². The molecule has 2 aliphatic rings. The van der Waals surface area contributed by atoms with E-state index in [-0.39, 0.29) is 5.54 Å². The molecule has 1 fully saturated rings. The number of hydrogen-bond acceptors (Lipinski definition) is 2. The zero-order chi connectivity index (χ0) is 12.4. The molecule has 0 atom stereocenters. The molecule has 0 aromatic heterocycles. The molecular weight excluding hydrogens is 222 g/mol. The fourth-order valence-electron chi connectivity index (χ4n) is 3.46. The summed E-state index contributed by atoms with van der Waals surface area (Å²) in [5.74, 6) is 0.348. The summed E-state index contributed by atoms with van der Waals surface area (Å²) in [6, 6.07) is 7.68. The molecule has 0 bridgehead atoms. The zero-order valence-corrected chi connectivity index (χ0v) is 10.8. The fraction of sp³-hybridized carbons (Fsp3) is 0.500. The third-order valence-corrected chi connectivity index (χ3v) is 4.36. The van der Waals surface area contributed by atoms with Crippen molar-refractivity contribution in [3.63, 3.8) is 0 Å². The average molecular weight is 243 g/mol. The number of benzene rings is 1. The Bertz CT molecular complexity index is 441. The molecule has 2 N–H and O–H groups in total. The normalized spacial score (nSPS) is 22.8. The van der Waals surface area contributed by atoms with E-state index in [1.54, 1.807) is 12.1 Å². The second kappa shape index (κ2) is 4.77. The smallest absolute Gasteiger partial charge is 0.115 e. The van der Waals surface area contributed by atoms with Crippen molar-refractivity contribution < 1.29 is 5.11 Å². The minimum absolute atomic E-state index is 0.202. The molecule has 0 amide bonds. The predicted octanol–water partition coefficient (Wildman–Crippen LogP) is 3.47. The van der Waals surface area contributed by atoms with Crippen LogP contribution >= 0.6 is 0 Å². The Morgan fingerprint density at radius 1 is 1.00 bits per heavy atom. The molecular formula is C16H21NO. The van der Waals surface area contributed by atoms with Crippen molar-refractivity contribution in [2.24, 2.45) is 0 Å². The Balaban J connectivity index is 1.96. The third kappa shape index (κ3) is 2.05. The van der Waals surface area contributed by atoms with Gasteiger partial charge in [0.2, 0.25) is 0 Å². The lowest BCUT2D eigenvalue weighted by molar-refractivity contribution is 0.295. The summed E-state index contributed by atoms with van der Waals surface area (Å²) in [5.41, 5.74) is 2.92. The van der Waals surface area contributed by atoms with Gasteiger partial charge in [-0.15, -0.1) is 0 Å². The maximum atomic E-state index is 9.42. The monoisotopic (exact) mass is 243 g/mol. The molecule has 1 saturated carbocycles. The summed E-state index contributed by atoms with van der Waals surface area (Å²) < 4.78 is 0. The van der Waals surface area contributed by atoms with Gasteiger partial charge in [-0.2, -0.15) is 0 Å². The highest BCUT2D eigenvalue weighted by molar-refractivity contribution is 5.74.